The molecule has 0 saturated heterocycles. The van der Waals surface area contributed by atoms with Crippen LogP contribution in [0.5, 0.6) is 0 Å². The van der Waals surface area contributed by atoms with Gasteiger partial charge in [-0.1, -0.05) is 12.1 Å². The van der Waals surface area contributed by atoms with Crippen molar-refractivity contribution in [2.45, 2.75) is 0 Å². The lowest BCUT2D eigenvalue weighted by Gasteiger charge is -2.24. The van der Waals surface area contributed by atoms with Crippen LogP contribution in [0.15, 0.2) is 29.4 Å². The first kappa shape index (κ1) is 17.5. The monoisotopic (exact) mass is 338 g/mol. The summed E-state index contributed by atoms with van der Waals surface area (Å²) in [6.45, 7) is -0.526. The summed E-state index contributed by atoms with van der Waals surface area (Å²) in [5.74, 6) is -1.32. The molecule has 0 aromatic heterocycles. The highest BCUT2D eigenvalue weighted by molar-refractivity contribution is 7.86. The molecule has 0 radical (unpaired) electrons. The quantitative estimate of drug-likeness (QED) is 0.520. The molecule has 0 bridgehead atoms. The van der Waals surface area contributed by atoms with Crippen molar-refractivity contribution in [1.82, 2.24) is 0 Å². The molecular weight excluding hydrogens is 324 g/mol. The number of para-hydroxylation sites is 1. The lowest BCUT2D eigenvalue weighted by Crippen LogP contribution is -2.33. The molecule has 0 spiro atoms. The third kappa shape index (κ3) is 6.62. The highest BCUT2D eigenvalue weighted by Crippen LogP contribution is 2.27. The molecule has 0 amide bonds. The molecule has 0 unspecified atom stereocenters. The van der Waals surface area contributed by atoms with Gasteiger partial charge in [0, 0.05) is 13.1 Å². The van der Waals surface area contributed by atoms with E-state index in [1.807, 2.05) is 0 Å². The van der Waals surface area contributed by atoms with Crippen LogP contribution in [0, 0.1) is 4.91 Å². The lowest BCUT2D eigenvalue weighted by molar-refractivity contribution is 0.482. The first-order valence-corrected chi connectivity index (χ1v) is 8.92. The van der Waals surface area contributed by atoms with Gasteiger partial charge in [0.15, 0.2) is 0 Å². The minimum absolute atomic E-state index is 0.0109. The zero-order chi connectivity index (χ0) is 16.1. The number of anilines is 1. The average Bonchev–Trinajstić information content (AvgIpc) is 2.36. The van der Waals surface area contributed by atoms with Gasteiger partial charge < -0.3 is 4.90 Å². The molecular formula is C10H14N2O7S2. The van der Waals surface area contributed by atoms with Gasteiger partial charge in [-0.25, -0.2) is 0 Å². The predicted molar refractivity (Wildman–Crippen MR) is 76.9 cm³/mol. The zero-order valence-corrected chi connectivity index (χ0v) is 12.4. The van der Waals surface area contributed by atoms with Crippen LogP contribution < -0.4 is 4.90 Å². The van der Waals surface area contributed by atoms with Crippen LogP contribution in [-0.2, 0) is 20.2 Å². The van der Waals surface area contributed by atoms with Gasteiger partial charge in [0.05, 0.1) is 17.2 Å². The summed E-state index contributed by atoms with van der Waals surface area (Å²) >= 11 is 0. The molecule has 21 heavy (non-hydrogen) atoms. The third-order valence-corrected chi connectivity index (χ3v) is 3.96. The van der Waals surface area contributed by atoms with E-state index in [1.54, 1.807) is 6.07 Å². The normalized spacial score (nSPS) is 12.1. The Morgan fingerprint density at radius 3 is 1.86 bits per heavy atom. The average molecular weight is 338 g/mol. The Kier molecular flexibility index (Phi) is 5.78. The van der Waals surface area contributed by atoms with Crippen LogP contribution >= 0.6 is 0 Å². The fraction of sp³-hybridized carbons (Fsp3) is 0.400. The van der Waals surface area contributed by atoms with E-state index in [2.05, 4.69) is 5.18 Å². The lowest BCUT2D eigenvalue weighted by atomic mass is 10.2. The van der Waals surface area contributed by atoms with Crippen molar-refractivity contribution in [1.29, 1.82) is 0 Å². The molecule has 9 nitrogen and oxygen atoms in total. The number of hydrogen-bond acceptors (Lipinski definition) is 7. The Labute approximate surface area is 122 Å². The number of nitroso groups, excluding NO2 is 1. The second-order valence-corrected chi connectivity index (χ2v) is 7.28. The fourth-order valence-corrected chi connectivity index (χ4v) is 2.51. The predicted octanol–water partition coefficient (Wildman–Crippen LogP) is 0.666. The molecule has 0 fully saturated rings. The van der Waals surface area contributed by atoms with E-state index in [0.717, 1.165) is 0 Å². The van der Waals surface area contributed by atoms with Crippen LogP contribution in [0.2, 0.25) is 0 Å². The highest BCUT2D eigenvalue weighted by Gasteiger charge is 2.17. The molecule has 0 aliphatic heterocycles. The molecule has 0 heterocycles. The molecule has 1 rings (SSSR count). The van der Waals surface area contributed by atoms with Crippen LogP contribution in [0.25, 0.3) is 0 Å². The van der Waals surface area contributed by atoms with Crippen LogP contribution in [0.4, 0.5) is 11.4 Å². The first-order valence-electron chi connectivity index (χ1n) is 5.70. The smallest absolute Gasteiger partial charge is 0.266 e. The topological polar surface area (TPSA) is 141 Å². The van der Waals surface area contributed by atoms with Crippen molar-refractivity contribution in [3.8, 4) is 0 Å². The Morgan fingerprint density at radius 1 is 0.952 bits per heavy atom. The maximum atomic E-state index is 10.8. The third-order valence-electron chi connectivity index (χ3n) is 2.56. The van der Waals surface area contributed by atoms with Crippen LogP contribution in [0.1, 0.15) is 0 Å². The number of hydrogen-bond donors (Lipinski definition) is 2. The Balaban J connectivity index is 3.02. The van der Waals surface area contributed by atoms with Crippen molar-refractivity contribution >= 4 is 31.6 Å². The molecule has 1 aromatic rings. The van der Waals surface area contributed by atoms with Gasteiger partial charge in [-0.2, -0.15) is 16.8 Å². The summed E-state index contributed by atoms with van der Waals surface area (Å²) in [4.78, 5) is 12.0. The second kappa shape index (κ2) is 6.93. The van der Waals surface area contributed by atoms with E-state index in [-0.39, 0.29) is 24.5 Å². The van der Waals surface area contributed by atoms with Crippen molar-refractivity contribution in [3.63, 3.8) is 0 Å². The summed E-state index contributed by atoms with van der Waals surface area (Å²) in [5, 5.41) is 2.76. The molecule has 0 aliphatic carbocycles. The van der Waals surface area contributed by atoms with Gasteiger partial charge in [0.2, 0.25) is 0 Å². The molecule has 0 aliphatic rings. The van der Waals surface area contributed by atoms with Crippen molar-refractivity contribution in [2.75, 3.05) is 29.5 Å². The maximum Gasteiger partial charge on any atom is 0.266 e. The van der Waals surface area contributed by atoms with Crippen LogP contribution in [0.3, 0.4) is 0 Å². The Bertz CT molecular complexity index is 664. The maximum absolute atomic E-state index is 10.8. The summed E-state index contributed by atoms with van der Waals surface area (Å²) in [6.07, 6.45) is 0. The van der Waals surface area contributed by atoms with Crippen molar-refractivity contribution in [3.05, 3.63) is 29.2 Å². The molecule has 11 heteroatoms. The molecule has 0 atom stereocenters. The van der Waals surface area contributed by atoms with E-state index in [0.29, 0.717) is 0 Å². The van der Waals surface area contributed by atoms with Gasteiger partial charge in [-0.15, -0.1) is 4.91 Å². The van der Waals surface area contributed by atoms with Crippen molar-refractivity contribution < 1.29 is 25.9 Å². The summed E-state index contributed by atoms with van der Waals surface area (Å²) in [6, 6.07) is 5.91. The summed E-state index contributed by atoms with van der Waals surface area (Å²) in [5.41, 5.74) is 0.197. The second-order valence-electron chi connectivity index (χ2n) is 4.14. The zero-order valence-electron chi connectivity index (χ0n) is 10.8. The minimum Gasteiger partial charge on any atom is -0.367 e. The standard InChI is InChI=1S/C10H14N2O7S2/c13-11-9-3-1-2-4-10(9)12(5-7-20(14,15)16)6-8-21(17,18)19/h1-4H,5-8H2,(H,14,15,16)(H,17,18,19). The van der Waals surface area contributed by atoms with Gasteiger partial charge in [0.25, 0.3) is 20.2 Å². The largest absolute Gasteiger partial charge is 0.367 e. The molecule has 1 aromatic carbocycles. The SMILES string of the molecule is O=Nc1ccccc1N(CCS(=O)(=O)O)CCS(=O)(=O)O. The van der Waals surface area contributed by atoms with Gasteiger partial charge >= 0.3 is 0 Å². The Morgan fingerprint density at radius 2 is 1.43 bits per heavy atom. The molecule has 2 N–H and O–H groups in total. The number of rotatable bonds is 8. The van der Waals surface area contributed by atoms with E-state index in [9.17, 15) is 21.7 Å². The van der Waals surface area contributed by atoms with E-state index < -0.39 is 31.7 Å². The minimum atomic E-state index is -4.26. The number of benzene rings is 1. The summed E-state index contributed by atoms with van der Waals surface area (Å²) in [7, 11) is -8.53. The van der Waals surface area contributed by atoms with E-state index >= 15 is 0 Å². The van der Waals surface area contributed by atoms with Crippen LogP contribution in [-0.4, -0.2) is 50.5 Å². The highest BCUT2D eigenvalue weighted by atomic mass is 32.2. The fourth-order valence-electron chi connectivity index (χ4n) is 1.61. The first-order chi connectivity index (χ1) is 9.62. The summed E-state index contributed by atoms with van der Waals surface area (Å²) < 4.78 is 60.7. The van der Waals surface area contributed by atoms with Gasteiger partial charge in [-0.3, -0.25) is 9.11 Å². The van der Waals surface area contributed by atoms with E-state index in [4.69, 9.17) is 9.11 Å². The van der Waals surface area contributed by atoms with Gasteiger partial charge in [0.1, 0.15) is 5.69 Å². The Hall–Kier alpha value is -1.56. The molecule has 118 valence electrons. The van der Waals surface area contributed by atoms with Gasteiger partial charge in [-0.05, 0) is 17.3 Å². The number of nitrogens with zero attached hydrogens (tertiary/aromatic N) is 2. The van der Waals surface area contributed by atoms with Crippen molar-refractivity contribution in [2.24, 2.45) is 5.18 Å². The molecule has 0 saturated carbocycles. The van der Waals surface area contributed by atoms with E-state index in [1.165, 1.54) is 23.1 Å².